The first-order valence-electron chi connectivity index (χ1n) is 4.10. The van der Waals surface area contributed by atoms with Gasteiger partial charge in [-0.15, -0.1) is 0 Å². The molecule has 0 saturated carbocycles. The Morgan fingerprint density at radius 2 is 1.77 bits per heavy atom. The maximum absolute atomic E-state index is 9.67. The van der Waals surface area contributed by atoms with Gasteiger partial charge in [-0.25, -0.2) is 0 Å². The first-order valence-corrected chi connectivity index (χ1v) is 4.10. The maximum atomic E-state index is 9.67. The number of fused-ring (bicyclic) bond motifs is 1. The highest BCUT2D eigenvalue weighted by molar-refractivity contribution is 5.90. The van der Waals surface area contributed by atoms with Gasteiger partial charge in [0, 0.05) is 5.39 Å². The summed E-state index contributed by atoms with van der Waals surface area (Å²) in [6, 6.07) is 8.63. The molecule has 0 aliphatic heterocycles. The second-order valence-electron chi connectivity index (χ2n) is 3.14. The number of aromatic hydroxyl groups is 2. The highest BCUT2D eigenvalue weighted by atomic mass is 16.3. The molecule has 0 saturated heterocycles. The van der Waals surface area contributed by atoms with Crippen molar-refractivity contribution < 1.29 is 10.2 Å². The normalized spacial score (nSPS) is 10.5. The standard InChI is InChI=1S/C11H10O2/c1-7-2-3-8-6-9(12)4-5-10(8)11(7)13/h2-6,12-13H,1H3. The third-order valence-corrected chi connectivity index (χ3v) is 2.18. The van der Waals surface area contributed by atoms with Crippen LogP contribution in [-0.4, -0.2) is 10.2 Å². The van der Waals surface area contributed by atoms with Gasteiger partial charge in [0.2, 0.25) is 0 Å². The van der Waals surface area contributed by atoms with E-state index in [-0.39, 0.29) is 11.5 Å². The molecule has 0 spiro atoms. The molecule has 0 amide bonds. The van der Waals surface area contributed by atoms with E-state index in [1.54, 1.807) is 18.2 Å². The third kappa shape index (κ3) is 1.20. The van der Waals surface area contributed by atoms with E-state index in [1.165, 1.54) is 0 Å². The van der Waals surface area contributed by atoms with Crippen LogP contribution in [0.4, 0.5) is 0 Å². The fourth-order valence-electron chi connectivity index (χ4n) is 1.41. The van der Waals surface area contributed by atoms with Crippen LogP contribution in [0.15, 0.2) is 30.3 Å². The summed E-state index contributed by atoms with van der Waals surface area (Å²) in [6.07, 6.45) is 0. The monoisotopic (exact) mass is 174 g/mol. The van der Waals surface area contributed by atoms with Crippen molar-refractivity contribution in [2.45, 2.75) is 6.92 Å². The van der Waals surface area contributed by atoms with Gasteiger partial charge in [-0.1, -0.05) is 12.1 Å². The second kappa shape index (κ2) is 2.66. The maximum Gasteiger partial charge on any atom is 0.126 e. The zero-order valence-corrected chi connectivity index (χ0v) is 7.28. The molecule has 0 fully saturated rings. The summed E-state index contributed by atoms with van der Waals surface area (Å²) < 4.78 is 0. The number of phenolic OH excluding ortho intramolecular Hbond substituents is 2. The van der Waals surface area contributed by atoms with Gasteiger partial charge < -0.3 is 10.2 Å². The number of hydrogen-bond donors (Lipinski definition) is 2. The SMILES string of the molecule is Cc1ccc2cc(O)ccc2c1O. The molecule has 0 heterocycles. The van der Waals surface area contributed by atoms with Crippen LogP contribution in [0.3, 0.4) is 0 Å². The van der Waals surface area contributed by atoms with Gasteiger partial charge in [-0.3, -0.25) is 0 Å². The number of aryl methyl sites for hydroxylation is 1. The number of rotatable bonds is 0. The minimum atomic E-state index is 0.218. The molecule has 2 heteroatoms. The first kappa shape index (κ1) is 7.92. The summed E-state index contributed by atoms with van der Waals surface area (Å²) in [6.45, 7) is 1.85. The Balaban J connectivity index is 2.87. The van der Waals surface area contributed by atoms with E-state index >= 15 is 0 Å². The average molecular weight is 174 g/mol. The molecule has 0 aliphatic rings. The highest BCUT2D eigenvalue weighted by Crippen LogP contribution is 2.29. The van der Waals surface area contributed by atoms with Crippen LogP contribution in [0, 0.1) is 6.92 Å². The van der Waals surface area contributed by atoms with E-state index in [9.17, 15) is 10.2 Å². The lowest BCUT2D eigenvalue weighted by atomic mass is 10.1. The molecule has 66 valence electrons. The van der Waals surface area contributed by atoms with E-state index in [2.05, 4.69) is 0 Å². The van der Waals surface area contributed by atoms with Crippen molar-refractivity contribution in [1.82, 2.24) is 0 Å². The summed E-state index contributed by atoms with van der Waals surface area (Å²) in [5.41, 5.74) is 0.846. The molecule has 0 aromatic heterocycles. The van der Waals surface area contributed by atoms with Crippen LogP contribution in [0.5, 0.6) is 11.5 Å². The fourth-order valence-corrected chi connectivity index (χ4v) is 1.41. The summed E-state index contributed by atoms with van der Waals surface area (Å²) in [7, 11) is 0. The van der Waals surface area contributed by atoms with Gasteiger partial charge in [0.1, 0.15) is 11.5 Å². The molecule has 0 aliphatic carbocycles. The molecular weight excluding hydrogens is 164 g/mol. The van der Waals surface area contributed by atoms with E-state index in [0.717, 1.165) is 16.3 Å². The Labute approximate surface area is 76.1 Å². The number of phenols is 2. The zero-order chi connectivity index (χ0) is 9.42. The first-order chi connectivity index (χ1) is 6.18. The largest absolute Gasteiger partial charge is 0.508 e. The summed E-state index contributed by atoms with van der Waals surface area (Å²) in [4.78, 5) is 0. The van der Waals surface area contributed by atoms with Gasteiger partial charge in [0.15, 0.2) is 0 Å². The summed E-state index contributed by atoms with van der Waals surface area (Å²) in [5, 5.41) is 20.5. The zero-order valence-electron chi connectivity index (χ0n) is 7.28. The smallest absolute Gasteiger partial charge is 0.126 e. The van der Waals surface area contributed by atoms with Crippen molar-refractivity contribution in [3.05, 3.63) is 35.9 Å². The Morgan fingerprint density at radius 1 is 1.00 bits per heavy atom. The molecule has 2 aromatic rings. The van der Waals surface area contributed by atoms with Crippen LogP contribution < -0.4 is 0 Å². The van der Waals surface area contributed by atoms with E-state index in [0.29, 0.717) is 0 Å². The van der Waals surface area contributed by atoms with Crippen LogP contribution >= 0.6 is 0 Å². The fraction of sp³-hybridized carbons (Fsp3) is 0.0909. The molecule has 0 atom stereocenters. The third-order valence-electron chi connectivity index (χ3n) is 2.18. The molecule has 13 heavy (non-hydrogen) atoms. The van der Waals surface area contributed by atoms with Crippen molar-refractivity contribution in [3.63, 3.8) is 0 Å². The van der Waals surface area contributed by atoms with Crippen molar-refractivity contribution >= 4 is 10.8 Å². The molecule has 2 N–H and O–H groups in total. The van der Waals surface area contributed by atoms with Gasteiger partial charge in [0.05, 0.1) is 0 Å². The molecule has 2 nitrogen and oxygen atoms in total. The lowest BCUT2D eigenvalue weighted by Gasteiger charge is -2.03. The number of benzene rings is 2. The van der Waals surface area contributed by atoms with Gasteiger partial charge in [-0.2, -0.15) is 0 Å². The van der Waals surface area contributed by atoms with Crippen molar-refractivity contribution in [1.29, 1.82) is 0 Å². The molecule has 0 radical (unpaired) electrons. The predicted octanol–water partition coefficient (Wildman–Crippen LogP) is 2.56. The molecule has 2 rings (SSSR count). The highest BCUT2D eigenvalue weighted by Gasteiger charge is 2.02. The van der Waals surface area contributed by atoms with Crippen molar-refractivity contribution in [2.75, 3.05) is 0 Å². The molecular formula is C11H10O2. The van der Waals surface area contributed by atoms with Crippen LogP contribution in [-0.2, 0) is 0 Å². The molecule has 0 unspecified atom stereocenters. The Kier molecular flexibility index (Phi) is 1.62. The number of hydrogen-bond acceptors (Lipinski definition) is 2. The minimum absolute atomic E-state index is 0.218. The Bertz CT molecular complexity index is 461. The quantitative estimate of drug-likeness (QED) is 0.644. The summed E-state index contributed by atoms with van der Waals surface area (Å²) in [5.74, 6) is 0.508. The van der Waals surface area contributed by atoms with Gasteiger partial charge in [0.25, 0.3) is 0 Å². The van der Waals surface area contributed by atoms with Crippen molar-refractivity contribution in [3.8, 4) is 11.5 Å². The van der Waals surface area contributed by atoms with Crippen LogP contribution in [0.2, 0.25) is 0 Å². The minimum Gasteiger partial charge on any atom is -0.508 e. The summed E-state index contributed by atoms with van der Waals surface area (Å²) >= 11 is 0. The second-order valence-corrected chi connectivity index (χ2v) is 3.14. The van der Waals surface area contributed by atoms with Crippen LogP contribution in [0.25, 0.3) is 10.8 Å². The van der Waals surface area contributed by atoms with E-state index in [4.69, 9.17) is 0 Å². The molecule has 0 bridgehead atoms. The predicted molar refractivity (Wildman–Crippen MR) is 52.0 cm³/mol. The topological polar surface area (TPSA) is 40.5 Å². The Hall–Kier alpha value is -1.70. The van der Waals surface area contributed by atoms with E-state index < -0.39 is 0 Å². The lowest BCUT2D eigenvalue weighted by molar-refractivity contribution is 0.474. The van der Waals surface area contributed by atoms with Crippen LogP contribution in [0.1, 0.15) is 5.56 Å². The van der Waals surface area contributed by atoms with Crippen molar-refractivity contribution in [2.24, 2.45) is 0 Å². The van der Waals surface area contributed by atoms with E-state index in [1.807, 2.05) is 19.1 Å². The van der Waals surface area contributed by atoms with Gasteiger partial charge in [-0.05, 0) is 36.1 Å². The average Bonchev–Trinajstić information content (AvgIpc) is 2.12. The Morgan fingerprint density at radius 3 is 2.54 bits per heavy atom. The molecule has 2 aromatic carbocycles. The van der Waals surface area contributed by atoms with Gasteiger partial charge >= 0.3 is 0 Å². The lowest BCUT2D eigenvalue weighted by Crippen LogP contribution is -1.78.